The van der Waals surface area contributed by atoms with Crippen molar-refractivity contribution in [2.45, 2.75) is 76.8 Å². The molecule has 3 heterocycles. The molecule has 0 saturated carbocycles. The lowest BCUT2D eigenvalue weighted by molar-refractivity contribution is -0.116. The van der Waals surface area contributed by atoms with Gasteiger partial charge in [0.25, 0.3) is 0 Å². The van der Waals surface area contributed by atoms with Crippen molar-refractivity contribution >= 4 is 42.4 Å². The number of aryl methyl sites for hydroxylation is 1. The molecule has 252 valence electrons. The molecule has 11 nitrogen and oxygen atoms in total. The maximum Gasteiger partial charge on any atom is 0.410 e. The first kappa shape index (κ1) is 34.4. The molecule has 0 aliphatic carbocycles. The Morgan fingerprint density at radius 1 is 1.26 bits per heavy atom. The second-order valence-electron chi connectivity index (χ2n) is 13.0. The smallest absolute Gasteiger partial charge is 0.410 e. The summed E-state index contributed by atoms with van der Waals surface area (Å²) in [6.07, 6.45) is 3.34. The van der Waals surface area contributed by atoms with Crippen LogP contribution in [0.4, 0.5) is 25.0 Å². The van der Waals surface area contributed by atoms with Crippen molar-refractivity contribution in [1.82, 2.24) is 14.1 Å². The number of nitriles is 1. The summed E-state index contributed by atoms with van der Waals surface area (Å²) < 4.78 is 50.7. The second-order valence-corrected chi connectivity index (χ2v) is 13.9. The molecular weight excluding hydrogens is 630 g/mol. The minimum Gasteiger partial charge on any atom is -0.453 e. The van der Waals surface area contributed by atoms with Gasteiger partial charge >= 0.3 is 6.09 Å². The molecule has 1 N–H and O–H groups in total. The van der Waals surface area contributed by atoms with Crippen LogP contribution in [0.1, 0.15) is 57.6 Å². The highest BCUT2D eigenvalue weighted by molar-refractivity contribution is 7.98. The molecule has 14 heteroatoms. The van der Waals surface area contributed by atoms with Crippen molar-refractivity contribution in [2.24, 2.45) is 4.99 Å². The Kier molecular flexibility index (Phi) is 10.6. The first-order valence-electron chi connectivity index (χ1n) is 15.6. The summed E-state index contributed by atoms with van der Waals surface area (Å²) in [5, 5.41) is 9.82. The van der Waals surface area contributed by atoms with Crippen LogP contribution >= 0.6 is 12.1 Å². The van der Waals surface area contributed by atoms with Gasteiger partial charge in [-0.15, -0.1) is 0 Å². The topological polar surface area (TPSA) is 120 Å². The van der Waals surface area contributed by atoms with Gasteiger partial charge in [0.1, 0.15) is 29.2 Å². The number of rotatable bonds is 9. The Morgan fingerprint density at radius 2 is 2.02 bits per heavy atom. The fourth-order valence-corrected chi connectivity index (χ4v) is 6.64. The highest BCUT2D eigenvalue weighted by Crippen LogP contribution is 2.39. The van der Waals surface area contributed by atoms with Crippen molar-refractivity contribution in [3.63, 3.8) is 0 Å². The van der Waals surface area contributed by atoms with Crippen LogP contribution in [0.2, 0.25) is 0 Å². The molecule has 3 saturated heterocycles. The van der Waals surface area contributed by atoms with Gasteiger partial charge in [-0.05, 0) is 89.3 Å². The third kappa shape index (κ3) is 8.51. The monoisotopic (exact) mass is 670 g/mol. The number of hydrogen-bond donors (Lipinski definition) is 1. The molecule has 2 amide bonds. The van der Waals surface area contributed by atoms with Crippen LogP contribution in [0, 0.1) is 24.1 Å². The van der Waals surface area contributed by atoms with Gasteiger partial charge in [0.15, 0.2) is 11.6 Å². The SMILES string of the molecule is Cc1cc(Oc2c(F)ccc(NSN3CCC(F)C3)c2C#N)ccc1/N=C\N(C=O)C1COC2(CCN(C(=O)OC(C)(C)C)CC2)C1. The summed E-state index contributed by atoms with van der Waals surface area (Å²) in [4.78, 5) is 32.2. The summed E-state index contributed by atoms with van der Waals surface area (Å²) in [5.74, 6) is -0.620. The zero-order valence-corrected chi connectivity index (χ0v) is 27.8. The lowest BCUT2D eigenvalue weighted by atomic mass is 9.87. The van der Waals surface area contributed by atoms with Gasteiger partial charge in [0, 0.05) is 38.3 Å². The van der Waals surface area contributed by atoms with Gasteiger partial charge in [0.05, 0.1) is 36.0 Å². The average molecular weight is 671 g/mol. The Morgan fingerprint density at radius 3 is 2.66 bits per heavy atom. The molecule has 1 spiro atoms. The predicted molar refractivity (Wildman–Crippen MR) is 175 cm³/mol. The molecule has 5 rings (SSSR count). The number of benzene rings is 2. The number of piperidine rings is 1. The fourth-order valence-electron chi connectivity index (χ4n) is 5.81. The second kappa shape index (κ2) is 14.5. The largest absolute Gasteiger partial charge is 0.453 e. The lowest BCUT2D eigenvalue weighted by Crippen LogP contribution is -2.48. The van der Waals surface area contributed by atoms with Crippen molar-refractivity contribution in [2.75, 3.05) is 37.5 Å². The predicted octanol–water partition coefficient (Wildman–Crippen LogP) is 6.49. The van der Waals surface area contributed by atoms with Gasteiger partial charge in [-0.1, -0.05) is 0 Å². The first-order chi connectivity index (χ1) is 22.4. The fraction of sp³-hybridized carbons (Fsp3) is 0.515. The van der Waals surface area contributed by atoms with E-state index in [-0.39, 0.29) is 30.0 Å². The third-order valence-electron chi connectivity index (χ3n) is 8.38. The maximum absolute atomic E-state index is 14.9. The van der Waals surface area contributed by atoms with Crippen molar-refractivity contribution in [1.29, 1.82) is 5.26 Å². The molecule has 3 aliphatic heterocycles. The Hall–Kier alpha value is -3.93. The lowest BCUT2D eigenvalue weighted by Gasteiger charge is -2.39. The van der Waals surface area contributed by atoms with E-state index in [2.05, 4.69) is 9.71 Å². The van der Waals surface area contributed by atoms with Crippen LogP contribution in [0.15, 0.2) is 35.3 Å². The summed E-state index contributed by atoms with van der Waals surface area (Å²) in [7, 11) is 0. The van der Waals surface area contributed by atoms with E-state index in [0.29, 0.717) is 74.6 Å². The van der Waals surface area contributed by atoms with Gasteiger partial charge in [-0.3, -0.25) is 9.69 Å². The molecule has 2 unspecified atom stereocenters. The van der Waals surface area contributed by atoms with Crippen LogP contribution in [-0.4, -0.2) is 89.1 Å². The van der Waals surface area contributed by atoms with Crippen LogP contribution in [0.25, 0.3) is 0 Å². The number of nitrogens with one attached hydrogen (secondary N) is 1. The molecule has 47 heavy (non-hydrogen) atoms. The zero-order chi connectivity index (χ0) is 33.8. The number of amides is 2. The normalized spacial score (nSPS) is 21.2. The standard InChI is InChI=1S/C33H40F2N6O5S/c1-22-15-25(45-30-26(17-36)29(8-6-27(30)35)38-47-41-12-9-23(34)18-41)5-7-28(22)37-20-40(21-42)24-16-33(44-19-24)10-13-39(14-11-33)31(43)46-32(2,3)4/h5-8,15,20-21,23-24,38H,9-14,16,18-19H2,1-4H3/b37-20-. The summed E-state index contributed by atoms with van der Waals surface area (Å²) >= 11 is 1.17. The van der Waals surface area contributed by atoms with Gasteiger partial charge in [-0.25, -0.2) is 22.9 Å². The number of hydrogen-bond acceptors (Lipinski definition) is 10. The highest BCUT2D eigenvalue weighted by atomic mass is 32.2. The van der Waals surface area contributed by atoms with Crippen LogP contribution in [0.3, 0.4) is 0 Å². The molecule has 3 aliphatic rings. The Labute approximate surface area is 278 Å². The molecule has 2 atom stereocenters. The Bertz CT molecular complexity index is 1540. The van der Waals surface area contributed by atoms with E-state index in [1.54, 1.807) is 34.3 Å². The van der Waals surface area contributed by atoms with Crippen molar-refractivity contribution in [3.05, 3.63) is 47.3 Å². The van der Waals surface area contributed by atoms with E-state index < -0.39 is 23.2 Å². The van der Waals surface area contributed by atoms with E-state index in [1.807, 2.05) is 26.8 Å². The zero-order valence-electron chi connectivity index (χ0n) is 27.0. The van der Waals surface area contributed by atoms with Crippen LogP contribution < -0.4 is 9.46 Å². The van der Waals surface area contributed by atoms with Crippen molar-refractivity contribution < 1.29 is 32.6 Å². The summed E-state index contributed by atoms with van der Waals surface area (Å²) in [6.45, 7) is 9.56. The van der Waals surface area contributed by atoms with Crippen molar-refractivity contribution in [3.8, 4) is 17.6 Å². The molecule has 2 aromatic carbocycles. The number of anilines is 1. The van der Waals surface area contributed by atoms with Crippen LogP contribution in [-0.2, 0) is 14.3 Å². The number of likely N-dealkylation sites (tertiary alicyclic amines) is 1. The molecule has 0 aromatic heterocycles. The average Bonchev–Trinajstić information content (AvgIpc) is 3.63. The number of ether oxygens (including phenoxy) is 3. The molecule has 0 radical (unpaired) electrons. The number of carbonyl (C=O) groups is 2. The Balaban J connectivity index is 1.20. The van der Waals surface area contributed by atoms with E-state index in [9.17, 15) is 23.6 Å². The summed E-state index contributed by atoms with van der Waals surface area (Å²) in [5.41, 5.74) is 0.651. The van der Waals surface area contributed by atoms with E-state index in [0.717, 1.165) is 6.41 Å². The number of halogens is 2. The highest BCUT2D eigenvalue weighted by Gasteiger charge is 2.45. The van der Waals surface area contributed by atoms with Crippen LogP contribution in [0.5, 0.6) is 11.5 Å². The first-order valence-corrected chi connectivity index (χ1v) is 16.4. The van der Waals surface area contributed by atoms with E-state index in [4.69, 9.17) is 14.2 Å². The quantitative estimate of drug-likeness (QED) is 0.138. The number of nitrogens with zero attached hydrogens (tertiary/aromatic N) is 5. The minimum absolute atomic E-state index is 0.0121. The number of carbonyl (C=O) groups excluding carboxylic acids is 2. The molecule has 2 aromatic rings. The number of alkyl halides is 1. The van der Waals surface area contributed by atoms with E-state index in [1.165, 1.54) is 35.5 Å². The maximum atomic E-state index is 14.9. The molecule has 3 fully saturated rings. The number of aliphatic imine (C=N–C) groups is 1. The molecular formula is C33H40F2N6O5S. The third-order valence-corrected chi connectivity index (χ3v) is 9.28. The van der Waals surface area contributed by atoms with Gasteiger partial charge < -0.3 is 23.8 Å². The van der Waals surface area contributed by atoms with Gasteiger partial charge in [-0.2, -0.15) is 5.26 Å². The van der Waals surface area contributed by atoms with Gasteiger partial charge in [0.2, 0.25) is 6.41 Å². The summed E-state index contributed by atoms with van der Waals surface area (Å²) in [6, 6.07) is 9.43. The minimum atomic E-state index is -0.894. The molecule has 0 bridgehead atoms. The van der Waals surface area contributed by atoms with E-state index >= 15 is 0 Å².